The SMILES string of the molecule is CCP(=O)(CC)CCN1CCNCCNCCNCC1. The van der Waals surface area contributed by atoms with Crippen LogP contribution in [0, 0.1) is 0 Å². The molecule has 20 heavy (non-hydrogen) atoms. The third kappa shape index (κ3) is 7.75. The monoisotopic (exact) mass is 304 g/mol. The largest absolute Gasteiger partial charge is 0.324 e. The molecule has 6 heteroatoms. The summed E-state index contributed by atoms with van der Waals surface area (Å²) >= 11 is 0. The van der Waals surface area contributed by atoms with Crippen molar-refractivity contribution in [2.75, 3.05) is 77.4 Å². The average Bonchev–Trinajstić information content (AvgIpc) is 2.46. The highest BCUT2D eigenvalue weighted by atomic mass is 31.2. The van der Waals surface area contributed by atoms with Crippen LogP contribution in [-0.4, -0.2) is 82.3 Å². The van der Waals surface area contributed by atoms with E-state index in [1.165, 1.54) is 0 Å². The van der Waals surface area contributed by atoms with Crippen molar-refractivity contribution in [3.05, 3.63) is 0 Å². The summed E-state index contributed by atoms with van der Waals surface area (Å²) in [6, 6.07) is 0. The maximum Gasteiger partial charge on any atom is 0.0884 e. The highest BCUT2D eigenvalue weighted by molar-refractivity contribution is 7.63. The fourth-order valence-corrected chi connectivity index (χ4v) is 4.13. The van der Waals surface area contributed by atoms with Gasteiger partial charge in [-0.2, -0.15) is 0 Å². The lowest BCUT2D eigenvalue weighted by Gasteiger charge is -2.25. The summed E-state index contributed by atoms with van der Waals surface area (Å²) in [4.78, 5) is 2.45. The molecule has 0 aromatic rings. The summed E-state index contributed by atoms with van der Waals surface area (Å²) in [7, 11) is -1.90. The molecule has 0 aromatic carbocycles. The molecule has 0 aliphatic carbocycles. The van der Waals surface area contributed by atoms with Gasteiger partial charge in [-0.25, -0.2) is 0 Å². The number of hydrogen-bond acceptors (Lipinski definition) is 5. The highest BCUT2D eigenvalue weighted by Crippen LogP contribution is 2.44. The van der Waals surface area contributed by atoms with E-state index < -0.39 is 7.14 Å². The summed E-state index contributed by atoms with van der Waals surface area (Å²) in [5.74, 6) is 0. The minimum atomic E-state index is -1.90. The molecule has 0 unspecified atom stereocenters. The summed E-state index contributed by atoms with van der Waals surface area (Å²) in [5, 5.41) is 10.3. The first-order valence-electron chi connectivity index (χ1n) is 8.12. The van der Waals surface area contributed by atoms with Crippen molar-refractivity contribution in [2.45, 2.75) is 13.8 Å². The van der Waals surface area contributed by atoms with Gasteiger partial charge < -0.3 is 25.4 Å². The summed E-state index contributed by atoms with van der Waals surface area (Å²) in [5.41, 5.74) is 0. The first kappa shape index (κ1) is 18.1. The maximum atomic E-state index is 12.5. The van der Waals surface area contributed by atoms with Gasteiger partial charge in [0.2, 0.25) is 0 Å². The molecule has 1 rings (SSSR count). The molecular formula is C14H33N4OP. The van der Waals surface area contributed by atoms with Crippen LogP contribution in [-0.2, 0) is 4.57 Å². The van der Waals surface area contributed by atoms with E-state index in [1.54, 1.807) is 0 Å². The second-order valence-electron chi connectivity index (χ2n) is 5.51. The molecule has 1 fully saturated rings. The van der Waals surface area contributed by atoms with Gasteiger partial charge in [-0.3, -0.25) is 0 Å². The van der Waals surface area contributed by atoms with Gasteiger partial charge in [0.1, 0.15) is 0 Å². The van der Waals surface area contributed by atoms with Crippen molar-refractivity contribution in [3.8, 4) is 0 Å². The lowest BCUT2D eigenvalue weighted by atomic mass is 10.4. The Bertz CT molecular complexity index is 268. The van der Waals surface area contributed by atoms with Gasteiger partial charge in [-0.15, -0.1) is 0 Å². The van der Waals surface area contributed by atoms with E-state index in [9.17, 15) is 4.57 Å². The third-order valence-electron chi connectivity index (χ3n) is 4.14. The van der Waals surface area contributed by atoms with Crippen LogP contribution in [0.5, 0.6) is 0 Å². The Hall–Kier alpha value is 0.0700. The molecule has 0 spiro atoms. The van der Waals surface area contributed by atoms with E-state index in [-0.39, 0.29) is 0 Å². The van der Waals surface area contributed by atoms with Crippen molar-refractivity contribution in [2.24, 2.45) is 0 Å². The van der Waals surface area contributed by atoms with Crippen LogP contribution < -0.4 is 16.0 Å². The van der Waals surface area contributed by atoms with E-state index in [4.69, 9.17) is 0 Å². The molecule has 3 N–H and O–H groups in total. The Morgan fingerprint density at radius 1 is 0.850 bits per heavy atom. The molecule has 0 radical (unpaired) electrons. The van der Waals surface area contributed by atoms with Crippen LogP contribution in [0.25, 0.3) is 0 Å². The summed E-state index contributed by atoms with van der Waals surface area (Å²) < 4.78 is 12.5. The second kappa shape index (κ2) is 10.7. The van der Waals surface area contributed by atoms with Crippen molar-refractivity contribution in [1.82, 2.24) is 20.9 Å². The molecule has 120 valence electrons. The number of hydrogen-bond donors (Lipinski definition) is 3. The Morgan fingerprint density at radius 2 is 1.30 bits per heavy atom. The lowest BCUT2D eigenvalue weighted by Crippen LogP contribution is -2.42. The average molecular weight is 304 g/mol. The van der Waals surface area contributed by atoms with Gasteiger partial charge in [0.15, 0.2) is 0 Å². The second-order valence-corrected chi connectivity index (χ2v) is 9.33. The molecule has 0 saturated carbocycles. The fraction of sp³-hybridized carbons (Fsp3) is 1.00. The number of rotatable bonds is 5. The lowest BCUT2D eigenvalue weighted by molar-refractivity contribution is 0.285. The topological polar surface area (TPSA) is 56.4 Å². The van der Waals surface area contributed by atoms with Gasteiger partial charge in [0, 0.05) is 65.1 Å². The van der Waals surface area contributed by atoms with Crippen molar-refractivity contribution in [3.63, 3.8) is 0 Å². The molecule has 1 saturated heterocycles. The normalized spacial score (nSPS) is 21.1. The predicted octanol–water partition coefficient (Wildman–Crippen LogP) is 0.474. The van der Waals surface area contributed by atoms with Gasteiger partial charge in [0.25, 0.3) is 0 Å². The van der Waals surface area contributed by atoms with Gasteiger partial charge in [-0.05, 0) is 12.3 Å². The van der Waals surface area contributed by atoms with Crippen molar-refractivity contribution >= 4 is 7.14 Å². The van der Waals surface area contributed by atoms with Crippen LogP contribution >= 0.6 is 7.14 Å². The highest BCUT2D eigenvalue weighted by Gasteiger charge is 2.18. The van der Waals surface area contributed by atoms with E-state index in [0.29, 0.717) is 0 Å². The van der Waals surface area contributed by atoms with E-state index >= 15 is 0 Å². The quantitative estimate of drug-likeness (QED) is 0.645. The Kier molecular flexibility index (Phi) is 9.74. The first-order chi connectivity index (χ1) is 9.70. The Balaban J connectivity index is 2.36. The zero-order valence-corrected chi connectivity index (χ0v) is 14.2. The summed E-state index contributed by atoms with van der Waals surface area (Å²) in [6.45, 7) is 13.4. The molecule has 0 atom stereocenters. The van der Waals surface area contributed by atoms with Crippen molar-refractivity contribution in [1.29, 1.82) is 0 Å². The standard InChI is InChI=1S/C14H33N4OP/c1-3-20(19,4-2)14-13-18-11-9-16-7-5-15-6-8-17-10-12-18/h15-17H,3-14H2,1-2H3. The van der Waals surface area contributed by atoms with Gasteiger partial charge in [0.05, 0.1) is 7.14 Å². The Morgan fingerprint density at radius 3 is 1.75 bits per heavy atom. The predicted molar refractivity (Wildman–Crippen MR) is 88.6 cm³/mol. The number of nitrogens with zero attached hydrogens (tertiary/aromatic N) is 1. The smallest absolute Gasteiger partial charge is 0.0884 e. The van der Waals surface area contributed by atoms with E-state index in [0.717, 1.165) is 77.4 Å². The molecule has 0 amide bonds. The number of nitrogens with one attached hydrogen (secondary N) is 3. The van der Waals surface area contributed by atoms with E-state index in [1.807, 2.05) is 0 Å². The minimum Gasteiger partial charge on any atom is -0.324 e. The molecule has 0 aromatic heterocycles. The Labute approximate surface area is 124 Å². The van der Waals surface area contributed by atoms with Crippen LogP contribution in [0.1, 0.15) is 13.8 Å². The zero-order valence-electron chi connectivity index (χ0n) is 13.3. The third-order valence-corrected chi connectivity index (χ3v) is 7.46. The minimum absolute atomic E-state index is 0.847. The van der Waals surface area contributed by atoms with Gasteiger partial charge >= 0.3 is 0 Å². The van der Waals surface area contributed by atoms with E-state index in [2.05, 4.69) is 34.7 Å². The molecule has 5 nitrogen and oxygen atoms in total. The van der Waals surface area contributed by atoms with Crippen LogP contribution in [0.3, 0.4) is 0 Å². The van der Waals surface area contributed by atoms with Crippen LogP contribution in [0.4, 0.5) is 0 Å². The van der Waals surface area contributed by atoms with Crippen LogP contribution in [0.15, 0.2) is 0 Å². The van der Waals surface area contributed by atoms with Gasteiger partial charge in [-0.1, -0.05) is 13.8 Å². The molecule has 1 heterocycles. The molecule has 1 aliphatic heterocycles. The summed E-state index contributed by atoms with van der Waals surface area (Å²) in [6.07, 6.45) is 2.57. The molecule has 1 aliphatic rings. The molecule has 0 bridgehead atoms. The first-order valence-corrected chi connectivity index (χ1v) is 10.4. The van der Waals surface area contributed by atoms with Crippen LogP contribution in [0.2, 0.25) is 0 Å². The fourth-order valence-electron chi connectivity index (χ4n) is 2.40. The maximum absolute atomic E-state index is 12.5. The van der Waals surface area contributed by atoms with Crippen molar-refractivity contribution < 1.29 is 4.57 Å². The zero-order chi connectivity index (χ0) is 14.7. The molecular weight excluding hydrogens is 271 g/mol.